The van der Waals surface area contributed by atoms with Crippen LogP contribution in [0.25, 0.3) is 0 Å². The predicted molar refractivity (Wildman–Crippen MR) is 84.2 cm³/mol. The van der Waals surface area contributed by atoms with Crippen molar-refractivity contribution in [2.75, 3.05) is 26.7 Å². The molecule has 0 bridgehead atoms. The van der Waals surface area contributed by atoms with Crippen molar-refractivity contribution in [1.29, 1.82) is 0 Å². The highest BCUT2D eigenvalue weighted by molar-refractivity contribution is 5.29. The molecule has 2 rings (SSSR count). The van der Waals surface area contributed by atoms with E-state index in [0.29, 0.717) is 11.8 Å². The van der Waals surface area contributed by atoms with E-state index in [9.17, 15) is 4.39 Å². The molecule has 1 atom stereocenters. The van der Waals surface area contributed by atoms with E-state index in [1.165, 1.54) is 26.4 Å². The average Bonchev–Trinajstić information content (AvgIpc) is 2.49. The van der Waals surface area contributed by atoms with E-state index < -0.39 is 0 Å². The third-order valence-electron chi connectivity index (χ3n) is 4.05. The van der Waals surface area contributed by atoms with Gasteiger partial charge in [-0.25, -0.2) is 4.39 Å². The summed E-state index contributed by atoms with van der Waals surface area (Å²) in [5.74, 6) is 0.0389. The molecule has 0 aromatic heterocycles. The Kier molecular flexibility index (Phi) is 6.46. The first-order valence-corrected chi connectivity index (χ1v) is 8.01. The van der Waals surface area contributed by atoms with Crippen molar-refractivity contribution in [3.8, 4) is 5.75 Å². The fourth-order valence-corrected chi connectivity index (χ4v) is 3.01. The minimum absolute atomic E-state index is 0.276. The topological polar surface area (TPSA) is 24.5 Å². The van der Waals surface area contributed by atoms with Gasteiger partial charge in [-0.05, 0) is 50.0 Å². The largest absolute Gasteiger partial charge is 0.494 e. The normalized spacial score (nSPS) is 19.0. The van der Waals surface area contributed by atoms with Crippen molar-refractivity contribution in [1.82, 2.24) is 10.2 Å². The first-order chi connectivity index (χ1) is 10.2. The van der Waals surface area contributed by atoms with Crippen LogP contribution in [0.2, 0.25) is 0 Å². The molecule has 118 valence electrons. The number of benzene rings is 1. The molecule has 1 fully saturated rings. The van der Waals surface area contributed by atoms with Crippen LogP contribution in [0.3, 0.4) is 0 Å². The monoisotopic (exact) mass is 294 g/mol. The predicted octanol–water partition coefficient (Wildman–Crippen LogP) is 3.19. The van der Waals surface area contributed by atoms with Gasteiger partial charge in [0, 0.05) is 19.1 Å². The quantitative estimate of drug-likeness (QED) is 0.836. The van der Waals surface area contributed by atoms with Crippen LogP contribution in [0.4, 0.5) is 4.39 Å². The average molecular weight is 294 g/mol. The number of hydrogen-bond donors (Lipinski definition) is 1. The fourth-order valence-electron chi connectivity index (χ4n) is 3.01. The number of ether oxygens (including phenoxy) is 1. The van der Waals surface area contributed by atoms with Crippen molar-refractivity contribution in [2.24, 2.45) is 0 Å². The van der Waals surface area contributed by atoms with Gasteiger partial charge in [0.25, 0.3) is 0 Å². The third kappa shape index (κ3) is 4.97. The molecular formula is C17H27FN2O. The Balaban J connectivity index is 1.96. The highest BCUT2D eigenvalue weighted by atomic mass is 19.1. The van der Waals surface area contributed by atoms with Gasteiger partial charge in [0.2, 0.25) is 0 Å². The molecular weight excluding hydrogens is 267 g/mol. The summed E-state index contributed by atoms with van der Waals surface area (Å²) >= 11 is 0. The first kappa shape index (κ1) is 16.2. The highest BCUT2D eigenvalue weighted by Crippen LogP contribution is 2.19. The lowest BCUT2D eigenvalue weighted by atomic mass is 10.0. The van der Waals surface area contributed by atoms with Crippen molar-refractivity contribution >= 4 is 0 Å². The fraction of sp³-hybridized carbons (Fsp3) is 0.647. The summed E-state index contributed by atoms with van der Waals surface area (Å²) in [7, 11) is 1.50. The van der Waals surface area contributed by atoms with Crippen molar-refractivity contribution in [3.05, 3.63) is 29.6 Å². The maximum absolute atomic E-state index is 13.8. The van der Waals surface area contributed by atoms with Crippen LogP contribution < -0.4 is 10.1 Å². The van der Waals surface area contributed by atoms with Crippen LogP contribution in [-0.2, 0) is 6.54 Å². The molecule has 1 heterocycles. The second kappa shape index (κ2) is 8.35. The number of halogens is 1. The zero-order chi connectivity index (χ0) is 15.1. The standard InChI is InChI=1S/C17H27FN2O/c1-3-10-20(13-15-6-4-5-9-19-15)12-14-7-8-17(21-2)16(18)11-14/h7-8,11,15,19H,3-6,9-10,12-13H2,1-2H3. The van der Waals surface area contributed by atoms with Gasteiger partial charge in [-0.2, -0.15) is 0 Å². The maximum Gasteiger partial charge on any atom is 0.165 e. The molecule has 1 aliphatic rings. The van der Waals surface area contributed by atoms with Crippen LogP contribution >= 0.6 is 0 Å². The van der Waals surface area contributed by atoms with Crippen molar-refractivity contribution in [2.45, 2.75) is 45.2 Å². The second-order valence-corrected chi connectivity index (χ2v) is 5.85. The molecule has 21 heavy (non-hydrogen) atoms. The molecule has 1 aromatic rings. The smallest absolute Gasteiger partial charge is 0.165 e. The van der Waals surface area contributed by atoms with Gasteiger partial charge >= 0.3 is 0 Å². The van der Waals surface area contributed by atoms with Gasteiger partial charge in [-0.3, -0.25) is 4.90 Å². The zero-order valence-corrected chi connectivity index (χ0v) is 13.2. The Morgan fingerprint density at radius 2 is 2.24 bits per heavy atom. The second-order valence-electron chi connectivity index (χ2n) is 5.85. The summed E-state index contributed by atoms with van der Waals surface area (Å²) < 4.78 is 18.8. The Morgan fingerprint density at radius 3 is 2.86 bits per heavy atom. The van der Waals surface area contributed by atoms with Crippen molar-refractivity contribution in [3.63, 3.8) is 0 Å². The molecule has 0 amide bonds. The van der Waals surface area contributed by atoms with Crippen LogP contribution in [0.5, 0.6) is 5.75 Å². The molecule has 3 nitrogen and oxygen atoms in total. The van der Waals surface area contributed by atoms with Gasteiger partial charge in [-0.1, -0.05) is 19.4 Å². The molecule has 1 saturated heterocycles. The molecule has 1 N–H and O–H groups in total. The number of rotatable bonds is 7. The Morgan fingerprint density at radius 1 is 1.38 bits per heavy atom. The summed E-state index contributed by atoms with van der Waals surface area (Å²) in [5, 5.41) is 3.59. The molecule has 0 spiro atoms. The van der Waals surface area contributed by atoms with Gasteiger partial charge < -0.3 is 10.1 Å². The minimum Gasteiger partial charge on any atom is -0.494 e. The Hall–Kier alpha value is -1.13. The van der Waals surface area contributed by atoms with Crippen molar-refractivity contribution < 1.29 is 9.13 Å². The van der Waals surface area contributed by atoms with Gasteiger partial charge in [0.1, 0.15) is 0 Å². The number of hydrogen-bond acceptors (Lipinski definition) is 3. The van der Waals surface area contributed by atoms with E-state index in [-0.39, 0.29) is 5.82 Å². The van der Waals surface area contributed by atoms with Crippen LogP contribution in [0.1, 0.15) is 38.2 Å². The Labute approximate surface area is 127 Å². The van der Waals surface area contributed by atoms with Crippen LogP contribution in [0, 0.1) is 5.82 Å². The van der Waals surface area contributed by atoms with E-state index in [1.54, 1.807) is 12.1 Å². The van der Waals surface area contributed by atoms with E-state index in [1.807, 2.05) is 6.07 Å². The number of methoxy groups -OCH3 is 1. The summed E-state index contributed by atoms with van der Waals surface area (Å²) in [6.07, 6.45) is 4.96. The molecule has 0 radical (unpaired) electrons. The molecule has 0 aliphatic carbocycles. The molecule has 1 aromatic carbocycles. The molecule has 4 heteroatoms. The van der Waals surface area contributed by atoms with E-state index in [0.717, 1.165) is 38.2 Å². The summed E-state index contributed by atoms with van der Waals surface area (Å²) in [4.78, 5) is 2.42. The van der Waals surface area contributed by atoms with Crippen LogP contribution in [0.15, 0.2) is 18.2 Å². The third-order valence-corrected chi connectivity index (χ3v) is 4.05. The lowest BCUT2D eigenvalue weighted by Gasteiger charge is -2.30. The van der Waals surface area contributed by atoms with Gasteiger partial charge in [0.15, 0.2) is 11.6 Å². The highest BCUT2D eigenvalue weighted by Gasteiger charge is 2.17. The maximum atomic E-state index is 13.8. The van der Waals surface area contributed by atoms with Crippen LogP contribution in [-0.4, -0.2) is 37.7 Å². The summed E-state index contributed by atoms with van der Waals surface area (Å²) in [6.45, 7) is 6.21. The Bertz CT molecular complexity index is 433. The lowest BCUT2D eigenvalue weighted by molar-refractivity contribution is 0.217. The number of piperidine rings is 1. The summed E-state index contributed by atoms with van der Waals surface area (Å²) in [5.41, 5.74) is 1.01. The van der Waals surface area contributed by atoms with E-state index in [4.69, 9.17) is 4.74 Å². The van der Waals surface area contributed by atoms with Gasteiger partial charge in [-0.15, -0.1) is 0 Å². The molecule has 0 saturated carbocycles. The van der Waals surface area contributed by atoms with Gasteiger partial charge in [0.05, 0.1) is 7.11 Å². The number of nitrogens with one attached hydrogen (secondary N) is 1. The minimum atomic E-state index is -0.276. The molecule has 1 unspecified atom stereocenters. The van der Waals surface area contributed by atoms with E-state index in [2.05, 4.69) is 17.1 Å². The first-order valence-electron chi connectivity index (χ1n) is 8.01. The van der Waals surface area contributed by atoms with E-state index >= 15 is 0 Å². The zero-order valence-electron chi connectivity index (χ0n) is 13.2. The molecule has 1 aliphatic heterocycles. The lowest BCUT2D eigenvalue weighted by Crippen LogP contribution is -2.43. The number of nitrogens with zero attached hydrogens (tertiary/aromatic N) is 1. The SMILES string of the molecule is CCCN(Cc1ccc(OC)c(F)c1)CC1CCCCN1. The summed E-state index contributed by atoms with van der Waals surface area (Å²) in [6, 6.07) is 5.84.